The summed E-state index contributed by atoms with van der Waals surface area (Å²) in [4.78, 5) is 0. The first-order valence-electron chi connectivity index (χ1n) is 5.22. The van der Waals surface area contributed by atoms with Crippen LogP contribution in [-0.4, -0.2) is 10.2 Å². The highest BCUT2D eigenvalue weighted by molar-refractivity contribution is 9.10. The molecular weight excluding hydrogens is 282 g/mol. The SMILES string of the molecule is Brc1ccoc1CNc1ccc2[nH]ncc2c1. The number of furan rings is 1. The Morgan fingerprint density at radius 1 is 1.35 bits per heavy atom. The normalized spacial score (nSPS) is 10.9. The van der Waals surface area contributed by atoms with Crippen LogP contribution in [0.4, 0.5) is 5.69 Å². The van der Waals surface area contributed by atoms with E-state index in [2.05, 4.69) is 37.5 Å². The van der Waals surface area contributed by atoms with E-state index in [1.165, 1.54) is 0 Å². The molecule has 3 aromatic rings. The predicted octanol–water partition coefficient (Wildman–Crippen LogP) is 3.53. The minimum absolute atomic E-state index is 0.650. The van der Waals surface area contributed by atoms with E-state index in [4.69, 9.17) is 4.42 Å². The summed E-state index contributed by atoms with van der Waals surface area (Å²) in [6.07, 6.45) is 3.48. The number of benzene rings is 1. The summed E-state index contributed by atoms with van der Waals surface area (Å²) in [5, 5.41) is 11.3. The smallest absolute Gasteiger partial charge is 0.136 e. The average Bonchev–Trinajstić information content (AvgIpc) is 2.94. The molecule has 0 fully saturated rings. The van der Waals surface area contributed by atoms with Crippen molar-refractivity contribution in [2.24, 2.45) is 0 Å². The van der Waals surface area contributed by atoms with Crippen LogP contribution in [-0.2, 0) is 6.54 Å². The van der Waals surface area contributed by atoms with Gasteiger partial charge >= 0.3 is 0 Å². The van der Waals surface area contributed by atoms with Crippen molar-refractivity contribution in [2.75, 3.05) is 5.32 Å². The second-order valence-electron chi connectivity index (χ2n) is 3.72. The maximum Gasteiger partial charge on any atom is 0.136 e. The third kappa shape index (κ3) is 2.06. The molecule has 0 atom stereocenters. The Bertz CT molecular complexity index is 644. The van der Waals surface area contributed by atoms with E-state index in [9.17, 15) is 0 Å². The van der Waals surface area contributed by atoms with Gasteiger partial charge in [0.1, 0.15) is 5.76 Å². The summed E-state index contributed by atoms with van der Waals surface area (Å²) in [6.45, 7) is 0.650. The quantitative estimate of drug-likeness (QED) is 0.776. The second-order valence-corrected chi connectivity index (χ2v) is 4.57. The fourth-order valence-corrected chi connectivity index (χ4v) is 2.03. The van der Waals surface area contributed by atoms with Crippen LogP contribution in [0.3, 0.4) is 0 Å². The topological polar surface area (TPSA) is 53.9 Å². The molecule has 0 aliphatic carbocycles. The average molecular weight is 292 g/mol. The number of nitrogens with zero attached hydrogens (tertiary/aromatic N) is 1. The van der Waals surface area contributed by atoms with Crippen LogP contribution in [0.2, 0.25) is 0 Å². The fraction of sp³-hybridized carbons (Fsp3) is 0.0833. The van der Waals surface area contributed by atoms with Crippen LogP contribution in [0.1, 0.15) is 5.76 Å². The van der Waals surface area contributed by atoms with Crippen molar-refractivity contribution in [3.63, 3.8) is 0 Å². The lowest BCUT2D eigenvalue weighted by molar-refractivity contribution is 0.516. The molecule has 2 aromatic heterocycles. The van der Waals surface area contributed by atoms with Crippen LogP contribution in [0, 0.1) is 0 Å². The molecule has 0 radical (unpaired) electrons. The zero-order valence-electron chi connectivity index (χ0n) is 8.90. The Labute approximate surface area is 106 Å². The van der Waals surface area contributed by atoms with E-state index >= 15 is 0 Å². The number of fused-ring (bicyclic) bond motifs is 1. The van der Waals surface area contributed by atoms with E-state index < -0.39 is 0 Å². The van der Waals surface area contributed by atoms with Crippen LogP contribution >= 0.6 is 15.9 Å². The summed E-state index contributed by atoms with van der Waals surface area (Å²) in [7, 11) is 0. The number of aromatic amines is 1. The Kier molecular flexibility index (Phi) is 2.60. The molecule has 0 spiro atoms. The largest absolute Gasteiger partial charge is 0.466 e. The van der Waals surface area contributed by atoms with Crippen molar-refractivity contribution < 1.29 is 4.42 Å². The molecule has 3 rings (SSSR count). The van der Waals surface area contributed by atoms with Crippen LogP contribution in [0.5, 0.6) is 0 Å². The molecule has 1 aromatic carbocycles. The lowest BCUT2D eigenvalue weighted by Gasteiger charge is -2.04. The second kappa shape index (κ2) is 4.25. The number of hydrogen-bond donors (Lipinski definition) is 2. The third-order valence-electron chi connectivity index (χ3n) is 2.58. The van der Waals surface area contributed by atoms with E-state index in [0.29, 0.717) is 6.54 Å². The van der Waals surface area contributed by atoms with E-state index in [0.717, 1.165) is 26.8 Å². The minimum atomic E-state index is 0.650. The number of aromatic nitrogens is 2. The maximum absolute atomic E-state index is 5.33. The number of halogens is 1. The Hall–Kier alpha value is -1.75. The monoisotopic (exact) mass is 291 g/mol. The lowest BCUT2D eigenvalue weighted by Crippen LogP contribution is -1.98. The maximum atomic E-state index is 5.33. The molecule has 0 amide bonds. The van der Waals surface area contributed by atoms with Gasteiger partial charge in [-0.1, -0.05) is 0 Å². The molecule has 86 valence electrons. The highest BCUT2D eigenvalue weighted by atomic mass is 79.9. The third-order valence-corrected chi connectivity index (χ3v) is 3.29. The fourth-order valence-electron chi connectivity index (χ4n) is 1.69. The summed E-state index contributed by atoms with van der Waals surface area (Å²) >= 11 is 3.42. The number of nitrogens with one attached hydrogen (secondary N) is 2. The molecule has 5 heteroatoms. The first-order chi connectivity index (χ1) is 8.33. The van der Waals surface area contributed by atoms with Gasteiger partial charge in [0.05, 0.1) is 29.0 Å². The van der Waals surface area contributed by atoms with Crippen molar-refractivity contribution in [1.82, 2.24) is 10.2 Å². The molecule has 17 heavy (non-hydrogen) atoms. The predicted molar refractivity (Wildman–Crippen MR) is 69.8 cm³/mol. The van der Waals surface area contributed by atoms with Gasteiger partial charge in [-0.2, -0.15) is 5.10 Å². The van der Waals surface area contributed by atoms with E-state index in [1.54, 1.807) is 6.26 Å². The minimum Gasteiger partial charge on any atom is -0.466 e. The molecule has 0 unspecified atom stereocenters. The van der Waals surface area contributed by atoms with Gasteiger partial charge in [0, 0.05) is 11.1 Å². The summed E-state index contributed by atoms with van der Waals surface area (Å²) in [5.41, 5.74) is 2.08. The van der Waals surface area contributed by atoms with Crippen molar-refractivity contribution in [1.29, 1.82) is 0 Å². The summed E-state index contributed by atoms with van der Waals surface area (Å²) < 4.78 is 6.31. The molecular formula is C12H10BrN3O. The van der Waals surface area contributed by atoms with Gasteiger partial charge in [0.2, 0.25) is 0 Å². The number of H-pyrrole nitrogens is 1. The highest BCUT2D eigenvalue weighted by Gasteiger charge is 2.03. The Balaban J connectivity index is 1.78. The number of rotatable bonds is 3. The van der Waals surface area contributed by atoms with Crippen LogP contribution in [0.25, 0.3) is 10.9 Å². The van der Waals surface area contributed by atoms with Gasteiger partial charge in [0.25, 0.3) is 0 Å². The van der Waals surface area contributed by atoms with Crippen molar-refractivity contribution in [3.8, 4) is 0 Å². The first kappa shape index (κ1) is 10.4. The summed E-state index contributed by atoms with van der Waals surface area (Å²) in [5.74, 6) is 0.886. The molecule has 0 bridgehead atoms. The van der Waals surface area contributed by atoms with Gasteiger partial charge in [-0.25, -0.2) is 0 Å². The number of hydrogen-bond acceptors (Lipinski definition) is 3. The van der Waals surface area contributed by atoms with Gasteiger partial charge in [-0.05, 0) is 40.2 Å². The number of anilines is 1. The lowest BCUT2D eigenvalue weighted by atomic mass is 10.2. The highest BCUT2D eigenvalue weighted by Crippen LogP contribution is 2.21. The molecule has 2 heterocycles. The standard InChI is InChI=1S/C12H10BrN3O/c13-10-3-4-17-12(10)7-14-9-1-2-11-8(5-9)6-15-16-11/h1-6,14H,7H2,(H,15,16). The van der Waals surface area contributed by atoms with Gasteiger partial charge in [-0.3, -0.25) is 5.10 Å². The summed E-state index contributed by atoms with van der Waals surface area (Å²) in [6, 6.07) is 7.95. The van der Waals surface area contributed by atoms with E-state index in [1.807, 2.05) is 24.4 Å². The molecule has 0 saturated carbocycles. The van der Waals surface area contributed by atoms with Gasteiger partial charge in [0.15, 0.2) is 0 Å². The van der Waals surface area contributed by atoms with Gasteiger partial charge < -0.3 is 9.73 Å². The molecule has 0 saturated heterocycles. The molecule has 4 nitrogen and oxygen atoms in total. The van der Waals surface area contributed by atoms with Crippen molar-refractivity contribution in [3.05, 3.63) is 47.0 Å². The molecule has 0 aliphatic rings. The van der Waals surface area contributed by atoms with Crippen LogP contribution < -0.4 is 5.32 Å². The Morgan fingerprint density at radius 2 is 2.29 bits per heavy atom. The Morgan fingerprint density at radius 3 is 3.12 bits per heavy atom. The van der Waals surface area contributed by atoms with Crippen LogP contribution in [0.15, 0.2) is 45.6 Å². The van der Waals surface area contributed by atoms with Crippen molar-refractivity contribution in [2.45, 2.75) is 6.54 Å². The first-order valence-corrected chi connectivity index (χ1v) is 6.01. The molecule has 0 aliphatic heterocycles. The van der Waals surface area contributed by atoms with Crippen molar-refractivity contribution >= 4 is 32.5 Å². The van der Waals surface area contributed by atoms with E-state index in [-0.39, 0.29) is 0 Å². The molecule has 2 N–H and O–H groups in total. The zero-order chi connectivity index (χ0) is 11.7. The van der Waals surface area contributed by atoms with Gasteiger partial charge in [-0.15, -0.1) is 0 Å². The zero-order valence-corrected chi connectivity index (χ0v) is 10.5.